The SMILES string of the molecule is CN1[CH-]N(c2[c-]c(Oc3[c-]c(-n4c5[c-]cccc5c5ccccc54)ccc3)ccc2)C=C1n1c2ccccc2c2ccccc21.[Pt+4]. The smallest absolute Gasteiger partial charge is 0.509 e. The van der Waals surface area contributed by atoms with Gasteiger partial charge in [0.05, 0.1) is 16.9 Å². The average molecular weight is 774 g/mol. The van der Waals surface area contributed by atoms with Crippen LogP contribution in [-0.2, 0) is 21.1 Å². The molecule has 46 heavy (non-hydrogen) atoms. The van der Waals surface area contributed by atoms with Crippen LogP contribution in [0.3, 0.4) is 0 Å². The van der Waals surface area contributed by atoms with Crippen LogP contribution >= 0.6 is 0 Å². The van der Waals surface area contributed by atoms with Crippen LogP contribution < -0.4 is 9.64 Å². The van der Waals surface area contributed by atoms with Crippen molar-refractivity contribution in [3.8, 4) is 17.2 Å². The largest absolute Gasteiger partial charge is 4.00 e. The van der Waals surface area contributed by atoms with Crippen molar-refractivity contribution in [3.63, 3.8) is 0 Å². The van der Waals surface area contributed by atoms with Crippen molar-refractivity contribution in [3.05, 3.63) is 158 Å². The standard InChI is InChI=1S/C40H26N4O.Pt/c1-41-27-42(26-40(41)44-38-22-8-4-18-34(38)35-19-5-9-23-39(35)44)28-12-10-14-30(24-28)45-31-15-11-13-29(25-31)43-36-20-6-2-16-32(36)33-17-3-7-21-37(33)43;/h2-20,22-23,26-27H,1H3;/q-4;+4. The van der Waals surface area contributed by atoms with E-state index in [2.05, 4.69) is 142 Å². The Labute approximate surface area is 281 Å². The molecule has 5 nitrogen and oxygen atoms in total. The first kappa shape index (κ1) is 28.2. The van der Waals surface area contributed by atoms with Crippen LogP contribution in [0, 0.1) is 24.9 Å². The Kier molecular flexibility index (Phi) is 6.92. The van der Waals surface area contributed by atoms with E-state index in [0.717, 1.165) is 33.6 Å². The number of benzene rings is 6. The first-order chi connectivity index (χ1) is 22.2. The van der Waals surface area contributed by atoms with Crippen LogP contribution in [0.25, 0.3) is 55.1 Å². The van der Waals surface area contributed by atoms with E-state index in [1.54, 1.807) is 0 Å². The predicted molar refractivity (Wildman–Crippen MR) is 182 cm³/mol. The summed E-state index contributed by atoms with van der Waals surface area (Å²) in [6, 6.07) is 54.0. The van der Waals surface area contributed by atoms with Crippen molar-refractivity contribution in [2.45, 2.75) is 0 Å². The van der Waals surface area contributed by atoms with Gasteiger partial charge in [0.1, 0.15) is 0 Å². The van der Waals surface area contributed by atoms with E-state index in [-0.39, 0.29) is 21.1 Å². The normalized spacial score (nSPS) is 13.1. The molecule has 0 bridgehead atoms. The summed E-state index contributed by atoms with van der Waals surface area (Å²) in [7, 11) is 2.07. The molecule has 6 heteroatoms. The van der Waals surface area contributed by atoms with Gasteiger partial charge in [-0.3, -0.25) is 4.57 Å². The van der Waals surface area contributed by atoms with Gasteiger partial charge in [0, 0.05) is 34.0 Å². The van der Waals surface area contributed by atoms with Crippen LogP contribution in [-0.4, -0.2) is 21.1 Å². The minimum atomic E-state index is 0. The maximum atomic E-state index is 6.37. The Morgan fingerprint density at radius 2 is 1.11 bits per heavy atom. The molecule has 3 heterocycles. The van der Waals surface area contributed by atoms with Gasteiger partial charge in [-0.15, -0.1) is 47.5 Å². The van der Waals surface area contributed by atoms with Crippen molar-refractivity contribution >= 4 is 55.1 Å². The van der Waals surface area contributed by atoms with Gasteiger partial charge in [-0.25, -0.2) is 0 Å². The molecule has 0 fully saturated rings. The molecular weight excluding hydrogens is 748 g/mol. The van der Waals surface area contributed by atoms with Gasteiger partial charge < -0.3 is 19.1 Å². The Balaban J connectivity index is 0.00000312. The van der Waals surface area contributed by atoms with Crippen LogP contribution in [0.5, 0.6) is 11.5 Å². The quantitative estimate of drug-likeness (QED) is 0.163. The minimum absolute atomic E-state index is 0. The van der Waals surface area contributed by atoms with Gasteiger partial charge in [0.15, 0.2) is 0 Å². The third-order valence-corrected chi connectivity index (χ3v) is 8.46. The fourth-order valence-electron chi connectivity index (χ4n) is 6.50. The Morgan fingerprint density at radius 3 is 1.78 bits per heavy atom. The van der Waals surface area contributed by atoms with Gasteiger partial charge in [0.25, 0.3) is 0 Å². The third kappa shape index (κ3) is 4.50. The fraction of sp³-hybridized carbons (Fsp3) is 0.0250. The molecule has 0 atom stereocenters. The van der Waals surface area contributed by atoms with E-state index in [0.29, 0.717) is 11.5 Å². The second-order valence-electron chi connectivity index (χ2n) is 11.2. The van der Waals surface area contributed by atoms with Gasteiger partial charge in [-0.05, 0) is 30.6 Å². The van der Waals surface area contributed by atoms with Gasteiger partial charge >= 0.3 is 21.1 Å². The van der Waals surface area contributed by atoms with Crippen molar-refractivity contribution in [2.75, 3.05) is 11.9 Å². The van der Waals surface area contributed by atoms with Crippen molar-refractivity contribution in [2.24, 2.45) is 0 Å². The number of nitrogens with zero attached hydrogens (tertiary/aromatic N) is 4. The van der Waals surface area contributed by atoms with Crippen molar-refractivity contribution < 1.29 is 25.8 Å². The van der Waals surface area contributed by atoms with Crippen LogP contribution in [0.4, 0.5) is 5.69 Å². The summed E-state index contributed by atoms with van der Waals surface area (Å²) in [5, 5.41) is 4.82. The number of hydrogen-bond acceptors (Lipinski definition) is 3. The zero-order valence-corrected chi connectivity index (χ0v) is 27.1. The van der Waals surface area contributed by atoms with E-state index in [1.807, 2.05) is 42.5 Å². The first-order valence-corrected chi connectivity index (χ1v) is 14.9. The monoisotopic (exact) mass is 773 g/mol. The van der Waals surface area contributed by atoms with E-state index < -0.39 is 0 Å². The summed E-state index contributed by atoms with van der Waals surface area (Å²) in [6.07, 6.45) is 2.14. The van der Waals surface area contributed by atoms with Gasteiger partial charge in [-0.2, -0.15) is 43.1 Å². The number of anilines is 1. The summed E-state index contributed by atoms with van der Waals surface area (Å²) in [4.78, 5) is 4.22. The Hall–Kier alpha value is -5.25. The summed E-state index contributed by atoms with van der Waals surface area (Å²) in [5.74, 6) is 2.28. The molecule has 8 aromatic rings. The number of aromatic nitrogens is 2. The predicted octanol–water partition coefficient (Wildman–Crippen LogP) is 9.41. The summed E-state index contributed by atoms with van der Waals surface area (Å²) in [5.41, 5.74) is 6.24. The van der Waals surface area contributed by atoms with Crippen LogP contribution in [0.15, 0.2) is 134 Å². The summed E-state index contributed by atoms with van der Waals surface area (Å²) < 4.78 is 10.9. The number of hydrogen-bond donors (Lipinski definition) is 0. The molecule has 0 amide bonds. The number of fused-ring (bicyclic) bond motifs is 6. The second kappa shape index (κ2) is 11.3. The first-order valence-electron chi connectivity index (χ1n) is 14.9. The molecule has 1 aliphatic heterocycles. The number of para-hydroxylation sites is 4. The molecule has 222 valence electrons. The van der Waals surface area contributed by atoms with E-state index in [4.69, 9.17) is 4.74 Å². The fourth-order valence-corrected chi connectivity index (χ4v) is 6.50. The maximum Gasteiger partial charge on any atom is 4.00 e. The van der Waals surface area contributed by atoms with E-state index in [1.165, 1.54) is 27.2 Å². The molecular formula is C40H26N4OPt. The Morgan fingerprint density at radius 1 is 0.565 bits per heavy atom. The second-order valence-corrected chi connectivity index (χ2v) is 11.2. The maximum absolute atomic E-state index is 6.37. The number of rotatable bonds is 5. The molecule has 6 aromatic carbocycles. The average Bonchev–Trinajstić information content (AvgIpc) is 3.74. The zero-order valence-electron chi connectivity index (χ0n) is 24.8. The molecule has 0 aliphatic carbocycles. The summed E-state index contributed by atoms with van der Waals surface area (Å²) >= 11 is 0. The van der Waals surface area contributed by atoms with Gasteiger partial charge in [0.2, 0.25) is 0 Å². The minimum Gasteiger partial charge on any atom is -0.509 e. The Bertz CT molecular complexity index is 2330. The molecule has 0 saturated carbocycles. The van der Waals surface area contributed by atoms with Crippen molar-refractivity contribution in [1.29, 1.82) is 0 Å². The molecule has 0 radical (unpaired) electrons. The number of ether oxygens (including phenoxy) is 1. The molecule has 0 unspecified atom stereocenters. The van der Waals surface area contributed by atoms with E-state index in [9.17, 15) is 0 Å². The summed E-state index contributed by atoms with van der Waals surface area (Å²) in [6.45, 7) is 2.07. The van der Waals surface area contributed by atoms with Crippen molar-refractivity contribution in [1.82, 2.24) is 14.0 Å². The van der Waals surface area contributed by atoms with Crippen LogP contribution in [0.1, 0.15) is 0 Å². The molecule has 0 spiro atoms. The van der Waals surface area contributed by atoms with Gasteiger partial charge in [-0.1, -0.05) is 65.8 Å². The topological polar surface area (TPSA) is 25.6 Å². The zero-order chi connectivity index (χ0) is 29.9. The molecule has 0 N–H and O–H groups in total. The third-order valence-electron chi connectivity index (χ3n) is 8.46. The van der Waals surface area contributed by atoms with Crippen LogP contribution in [0.2, 0.25) is 0 Å². The molecule has 9 rings (SSSR count). The molecule has 1 aliphatic rings. The molecule has 0 saturated heterocycles. The van der Waals surface area contributed by atoms with E-state index >= 15 is 0 Å². The molecule has 2 aromatic heterocycles.